The van der Waals surface area contributed by atoms with E-state index in [9.17, 15) is 14.4 Å². The van der Waals surface area contributed by atoms with Gasteiger partial charge in [0.2, 0.25) is 5.91 Å². The normalized spacial score (nSPS) is 15.7. The highest BCUT2D eigenvalue weighted by Crippen LogP contribution is 2.20. The molecule has 1 N–H and O–H groups in total. The van der Waals surface area contributed by atoms with Gasteiger partial charge in [-0.15, -0.1) is 0 Å². The molecule has 0 spiro atoms. The van der Waals surface area contributed by atoms with Gasteiger partial charge in [0.25, 0.3) is 5.56 Å². The molecule has 27 heavy (non-hydrogen) atoms. The Labute approximate surface area is 157 Å². The van der Waals surface area contributed by atoms with Gasteiger partial charge in [0.1, 0.15) is 5.82 Å². The van der Waals surface area contributed by atoms with Crippen LogP contribution in [0, 0.1) is 12.8 Å². The standard InChI is InChI=1S/C19H25N5O3/c1-13-4-7-20-16(10-13)21-18(26)14-5-8-24(9-6-14)12-15-11-17(25)23(3)19(27)22(15)2/h4,7,10-11,14H,5-6,8-9,12H2,1-3H3,(H,20,21,26). The Morgan fingerprint density at radius 3 is 2.56 bits per heavy atom. The summed E-state index contributed by atoms with van der Waals surface area (Å²) in [5.41, 5.74) is 1.12. The number of aryl methyl sites for hydroxylation is 1. The van der Waals surface area contributed by atoms with Crippen molar-refractivity contribution in [1.29, 1.82) is 0 Å². The lowest BCUT2D eigenvalue weighted by Crippen LogP contribution is -2.42. The molecule has 8 heteroatoms. The maximum Gasteiger partial charge on any atom is 0.330 e. The number of rotatable bonds is 4. The molecule has 1 amide bonds. The second-order valence-corrected chi connectivity index (χ2v) is 7.13. The van der Waals surface area contributed by atoms with Gasteiger partial charge in [-0.2, -0.15) is 0 Å². The number of aromatic nitrogens is 3. The number of carbonyl (C=O) groups excluding carboxylic acids is 1. The molecule has 0 unspecified atom stereocenters. The third-order valence-electron chi connectivity index (χ3n) is 5.14. The van der Waals surface area contributed by atoms with Crippen LogP contribution in [0.15, 0.2) is 34.0 Å². The smallest absolute Gasteiger partial charge is 0.310 e. The van der Waals surface area contributed by atoms with Crippen molar-refractivity contribution in [2.24, 2.45) is 20.0 Å². The monoisotopic (exact) mass is 371 g/mol. The first-order chi connectivity index (χ1) is 12.8. The van der Waals surface area contributed by atoms with Gasteiger partial charge in [0.05, 0.1) is 0 Å². The van der Waals surface area contributed by atoms with Crippen molar-refractivity contribution in [3.8, 4) is 0 Å². The summed E-state index contributed by atoms with van der Waals surface area (Å²) in [7, 11) is 3.15. The molecule has 0 bridgehead atoms. The zero-order valence-electron chi connectivity index (χ0n) is 15.9. The van der Waals surface area contributed by atoms with E-state index in [1.165, 1.54) is 17.7 Å². The topological polar surface area (TPSA) is 89.2 Å². The Bertz CT molecular complexity index is 955. The van der Waals surface area contributed by atoms with E-state index < -0.39 is 0 Å². The molecule has 2 aromatic heterocycles. The van der Waals surface area contributed by atoms with Crippen molar-refractivity contribution >= 4 is 11.7 Å². The summed E-state index contributed by atoms with van der Waals surface area (Å²) in [6.45, 7) is 3.96. The summed E-state index contributed by atoms with van der Waals surface area (Å²) in [5, 5.41) is 2.89. The molecule has 3 heterocycles. The van der Waals surface area contributed by atoms with E-state index >= 15 is 0 Å². The van der Waals surface area contributed by atoms with Gasteiger partial charge in [-0.3, -0.25) is 23.6 Å². The largest absolute Gasteiger partial charge is 0.330 e. The third kappa shape index (κ3) is 4.33. The van der Waals surface area contributed by atoms with Crippen LogP contribution in [-0.2, 0) is 25.4 Å². The summed E-state index contributed by atoms with van der Waals surface area (Å²) in [4.78, 5) is 42.7. The fourth-order valence-corrected chi connectivity index (χ4v) is 3.35. The predicted molar refractivity (Wildman–Crippen MR) is 103 cm³/mol. The molecule has 0 radical (unpaired) electrons. The van der Waals surface area contributed by atoms with Crippen LogP contribution in [-0.4, -0.2) is 38.0 Å². The van der Waals surface area contributed by atoms with Crippen LogP contribution in [0.1, 0.15) is 24.1 Å². The van der Waals surface area contributed by atoms with E-state index in [1.807, 2.05) is 19.1 Å². The number of nitrogens with zero attached hydrogens (tertiary/aromatic N) is 4. The number of pyridine rings is 1. The summed E-state index contributed by atoms with van der Waals surface area (Å²) < 4.78 is 2.60. The number of hydrogen-bond donors (Lipinski definition) is 1. The van der Waals surface area contributed by atoms with E-state index in [4.69, 9.17) is 0 Å². The first-order valence-corrected chi connectivity index (χ1v) is 9.07. The van der Waals surface area contributed by atoms with Gasteiger partial charge in [-0.25, -0.2) is 9.78 Å². The number of hydrogen-bond acceptors (Lipinski definition) is 5. The van der Waals surface area contributed by atoms with Crippen molar-refractivity contribution in [2.45, 2.75) is 26.3 Å². The van der Waals surface area contributed by atoms with Crippen molar-refractivity contribution in [1.82, 2.24) is 19.0 Å². The number of amides is 1. The highest BCUT2D eigenvalue weighted by atomic mass is 16.2. The Hall–Kier alpha value is -2.74. The first-order valence-electron chi connectivity index (χ1n) is 9.07. The lowest BCUT2D eigenvalue weighted by Gasteiger charge is -2.31. The number of nitrogens with one attached hydrogen (secondary N) is 1. The molecule has 1 fully saturated rings. The molecule has 144 valence electrons. The van der Waals surface area contributed by atoms with Gasteiger partial charge in [-0.1, -0.05) is 0 Å². The van der Waals surface area contributed by atoms with Crippen LogP contribution >= 0.6 is 0 Å². The van der Waals surface area contributed by atoms with E-state index in [-0.39, 0.29) is 23.1 Å². The number of piperidine rings is 1. The molecule has 0 saturated carbocycles. The molecule has 0 aromatic carbocycles. The van der Waals surface area contributed by atoms with E-state index in [2.05, 4.69) is 15.2 Å². The van der Waals surface area contributed by atoms with Gasteiger partial charge < -0.3 is 5.32 Å². The second-order valence-electron chi connectivity index (χ2n) is 7.13. The van der Waals surface area contributed by atoms with Crippen LogP contribution in [0.3, 0.4) is 0 Å². The first kappa shape index (κ1) is 19.0. The summed E-state index contributed by atoms with van der Waals surface area (Å²) in [6.07, 6.45) is 3.15. The van der Waals surface area contributed by atoms with Crippen LogP contribution < -0.4 is 16.6 Å². The Kier molecular flexibility index (Phi) is 5.55. The van der Waals surface area contributed by atoms with Gasteiger partial charge in [0.15, 0.2) is 0 Å². The average molecular weight is 371 g/mol. The molecular weight excluding hydrogens is 346 g/mol. The summed E-state index contributed by atoms with van der Waals surface area (Å²) >= 11 is 0. The SMILES string of the molecule is Cc1ccnc(NC(=O)C2CCN(Cc3cc(=O)n(C)c(=O)n3C)CC2)c1. The van der Waals surface area contributed by atoms with Crippen LogP contribution in [0.25, 0.3) is 0 Å². The van der Waals surface area contributed by atoms with Crippen LogP contribution in [0.5, 0.6) is 0 Å². The second kappa shape index (κ2) is 7.87. The van der Waals surface area contributed by atoms with E-state index in [0.717, 1.165) is 36.1 Å². The minimum atomic E-state index is -0.322. The molecule has 8 nitrogen and oxygen atoms in total. The van der Waals surface area contributed by atoms with Crippen molar-refractivity contribution in [2.75, 3.05) is 18.4 Å². The maximum atomic E-state index is 12.5. The van der Waals surface area contributed by atoms with Gasteiger partial charge >= 0.3 is 5.69 Å². The van der Waals surface area contributed by atoms with Crippen LogP contribution in [0.2, 0.25) is 0 Å². The molecular formula is C19H25N5O3. The summed E-state index contributed by atoms with van der Waals surface area (Å²) in [6, 6.07) is 5.24. The fraction of sp³-hybridized carbons (Fsp3) is 0.474. The zero-order chi connectivity index (χ0) is 19.6. The Balaban J connectivity index is 1.58. The average Bonchev–Trinajstić information content (AvgIpc) is 2.65. The molecule has 1 saturated heterocycles. The Morgan fingerprint density at radius 2 is 1.89 bits per heavy atom. The number of carbonyl (C=O) groups is 1. The number of likely N-dealkylation sites (tertiary alicyclic amines) is 1. The highest BCUT2D eigenvalue weighted by Gasteiger charge is 2.25. The van der Waals surface area contributed by atoms with Crippen molar-refractivity contribution < 1.29 is 4.79 Å². The molecule has 3 rings (SSSR count). The molecule has 0 aliphatic carbocycles. The summed E-state index contributed by atoms with van der Waals surface area (Å²) in [5.74, 6) is 0.516. The van der Waals surface area contributed by atoms with E-state index in [1.54, 1.807) is 13.2 Å². The van der Waals surface area contributed by atoms with E-state index in [0.29, 0.717) is 18.1 Å². The van der Waals surface area contributed by atoms with Crippen LogP contribution in [0.4, 0.5) is 5.82 Å². The predicted octanol–water partition coefficient (Wildman–Crippen LogP) is 0.638. The highest BCUT2D eigenvalue weighted by molar-refractivity contribution is 5.91. The lowest BCUT2D eigenvalue weighted by atomic mass is 9.95. The fourth-order valence-electron chi connectivity index (χ4n) is 3.35. The van der Waals surface area contributed by atoms with Gasteiger partial charge in [0, 0.05) is 44.5 Å². The van der Waals surface area contributed by atoms with Crippen molar-refractivity contribution in [3.05, 3.63) is 56.5 Å². The maximum absolute atomic E-state index is 12.5. The zero-order valence-corrected chi connectivity index (χ0v) is 15.9. The quantitative estimate of drug-likeness (QED) is 0.852. The Morgan fingerprint density at radius 1 is 1.19 bits per heavy atom. The third-order valence-corrected chi connectivity index (χ3v) is 5.14. The molecule has 1 aliphatic rings. The number of anilines is 1. The molecule has 0 atom stereocenters. The molecule has 1 aliphatic heterocycles. The minimum Gasteiger partial charge on any atom is -0.310 e. The molecule has 2 aromatic rings. The van der Waals surface area contributed by atoms with Crippen molar-refractivity contribution in [3.63, 3.8) is 0 Å². The minimum absolute atomic E-state index is 0.00581. The van der Waals surface area contributed by atoms with Gasteiger partial charge in [-0.05, 0) is 50.6 Å². The lowest BCUT2D eigenvalue weighted by molar-refractivity contribution is -0.121.